The Morgan fingerprint density at radius 2 is 2.22 bits per heavy atom. The van der Waals surface area contributed by atoms with Gasteiger partial charge in [0.2, 0.25) is 0 Å². The van der Waals surface area contributed by atoms with Gasteiger partial charge in [0.1, 0.15) is 0 Å². The predicted molar refractivity (Wildman–Crippen MR) is 36.9 cm³/mol. The molecule has 2 rings (SSSR count). The molecule has 2 aliphatic rings. The van der Waals surface area contributed by atoms with Gasteiger partial charge in [0.25, 0.3) is 0 Å². The van der Waals surface area contributed by atoms with Gasteiger partial charge in [0.15, 0.2) is 0 Å². The fourth-order valence-electron chi connectivity index (χ4n) is 1.95. The molecule has 0 bridgehead atoms. The van der Waals surface area contributed by atoms with Crippen molar-refractivity contribution in [3.05, 3.63) is 0 Å². The Hall–Kier alpha value is -0.370. The van der Waals surface area contributed by atoms with Gasteiger partial charge in [0.05, 0.1) is 0 Å². The number of hydrogen-bond acceptors (Lipinski definition) is 2. The molecule has 1 saturated carbocycles. The van der Waals surface area contributed by atoms with Crippen LogP contribution in [0.4, 0.5) is 0 Å². The van der Waals surface area contributed by atoms with Gasteiger partial charge in [-0.25, -0.2) is 0 Å². The molecule has 2 nitrogen and oxygen atoms in total. The van der Waals surface area contributed by atoms with E-state index in [1.807, 2.05) is 0 Å². The summed E-state index contributed by atoms with van der Waals surface area (Å²) in [5.74, 6) is 0. The minimum absolute atomic E-state index is 0.553. The molecule has 0 aromatic carbocycles. The molecule has 0 aromatic rings. The van der Waals surface area contributed by atoms with Gasteiger partial charge in [-0.15, -0.1) is 0 Å². The number of hydrogen-bond donors (Lipinski definition) is 2. The molecular formula is C7H12N2. The molecule has 0 aromatic heterocycles. The van der Waals surface area contributed by atoms with Crippen molar-refractivity contribution in [3.63, 3.8) is 0 Å². The highest BCUT2D eigenvalue weighted by Gasteiger charge is 2.42. The zero-order chi connectivity index (χ0) is 6.32. The van der Waals surface area contributed by atoms with Crippen LogP contribution < -0.4 is 5.32 Å². The van der Waals surface area contributed by atoms with Crippen molar-refractivity contribution in [2.45, 2.75) is 19.3 Å². The summed E-state index contributed by atoms with van der Waals surface area (Å²) in [6.07, 6.45) is 3.44. The van der Waals surface area contributed by atoms with E-state index in [2.05, 4.69) is 5.32 Å². The summed E-state index contributed by atoms with van der Waals surface area (Å²) < 4.78 is 0. The fraction of sp³-hybridized carbons (Fsp3) is 0.857. The van der Waals surface area contributed by atoms with Gasteiger partial charge in [-0.3, -0.25) is 0 Å². The standard InChI is InChI=1S/C7H12N2/c8-6-3-7(4-6)1-2-9-5-7/h8-9H,1-5H2. The molecule has 0 radical (unpaired) electrons. The van der Waals surface area contributed by atoms with Crippen LogP contribution >= 0.6 is 0 Å². The number of rotatable bonds is 0. The topological polar surface area (TPSA) is 35.9 Å². The fourth-order valence-corrected chi connectivity index (χ4v) is 1.95. The van der Waals surface area contributed by atoms with E-state index in [1.54, 1.807) is 0 Å². The zero-order valence-corrected chi connectivity index (χ0v) is 5.54. The Balaban J connectivity index is 2.03. The number of nitrogens with one attached hydrogen (secondary N) is 2. The first-order valence-electron chi connectivity index (χ1n) is 3.58. The van der Waals surface area contributed by atoms with E-state index >= 15 is 0 Å². The van der Waals surface area contributed by atoms with Crippen LogP contribution in [-0.4, -0.2) is 18.8 Å². The summed E-state index contributed by atoms with van der Waals surface area (Å²) in [5, 5.41) is 10.6. The van der Waals surface area contributed by atoms with E-state index in [9.17, 15) is 0 Å². The highest BCUT2D eigenvalue weighted by Crippen LogP contribution is 2.42. The molecule has 2 heteroatoms. The van der Waals surface area contributed by atoms with Gasteiger partial charge in [-0.05, 0) is 31.2 Å². The third-order valence-corrected chi connectivity index (χ3v) is 2.51. The molecule has 0 atom stereocenters. The molecule has 1 aliphatic carbocycles. The first kappa shape index (κ1) is 5.42. The second-order valence-electron chi connectivity index (χ2n) is 3.38. The molecule has 1 aliphatic heterocycles. The second kappa shape index (κ2) is 1.57. The SMILES string of the molecule is N=C1CC2(CCNC2)C1. The lowest BCUT2D eigenvalue weighted by molar-refractivity contribution is 0.296. The third-order valence-electron chi connectivity index (χ3n) is 2.51. The lowest BCUT2D eigenvalue weighted by Crippen LogP contribution is -2.38. The molecule has 2 fully saturated rings. The predicted octanol–water partition coefficient (Wildman–Crippen LogP) is 0.780. The Morgan fingerprint density at radius 1 is 1.44 bits per heavy atom. The molecule has 2 N–H and O–H groups in total. The third kappa shape index (κ3) is 0.697. The maximum atomic E-state index is 7.29. The second-order valence-corrected chi connectivity index (χ2v) is 3.38. The van der Waals surface area contributed by atoms with Crippen molar-refractivity contribution in [2.24, 2.45) is 5.41 Å². The van der Waals surface area contributed by atoms with Crippen LogP contribution in [0.25, 0.3) is 0 Å². The molecule has 1 heterocycles. The lowest BCUT2D eigenvalue weighted by Gasteiger charge is -2.37. The van der Waals surface area contributed by atoms with E-state index in [0.29, 0.717) is 5.41 Å². The molecule has 1 saturated heterocycles. The van der Waals surface area contributed by atoms with E-state index in [0.717, 1.165) is 25.1 Å². The van der Waals surface area contributed by atoms with E-state index < -0.39 is 0 Å². The van der Waals surface area contributed by atoms with E-state index in [-0.39, 0.29) is 0 Å². The minimum Gasteiger partial charge on any atom is -0.316 e. The summed E-state index contributed by atoms with van der Waals surface area (Å²) in [6, 6.07) is 0. The maximum Gasteiger partial charge on any atom is 0.0101 e. The van der Waals surface area contributed by atoms with Crippen LogP contribution in [0, 0.1) is 10.8 Å². The van der Waals surface area contributed by atoms with Crippen molar-refractivity contribution >= 4 is 5.71 Å². The Bertz CT molecular complexity index is 135. The van der Waals surface area contributed by atoms with Gasteiger partial charge >= 0.3 is 0 Å². The van der Waals surface area contributed by atoms with Crippen molar-refractivity contribution in [3.8, 4) is 0 Å². The van der Waals surface area contributed by atoms with Crippen molar-refractivity contribution in [1.29, 1.82) is 5.41 Å². The van der Waals surface area contributed by atoms with Gasteiger partial charge < -0.3 is 10.7 Å². The summed E-state index contributed by atoms with van der Waals surface area (Å²) in [7, 11) is 0. The Kier molecular flexibility index (Phi) is 0.943. The highest BCUT2D eigenvalue weighted by molar-refractivity contribution is 5.88. The monoisotopic (exact) mass is 124 g/mol. The van der Waals surface area contributed by atoms with Crippen molar-refractivity contribution in [2.75, 3.05) is 13.1 Å². The van der Waals surface area contributed by atoms with E-state index in [1.165, 1.54) is 13.0 Å². The Labute approximate surface area is 55.2 Å². The maximum absolute atomic E-state index is 7.29. The first-order valence-corrected chi connectivity index (χ1v) is 3.58. The molecule has 0 unspecified atom stereocenters. The van der Waals surface area contributed by atoms with Gasteiger partial charge in [0, 0.05) is 12.3 Å². The van der Waals surface area contributed by atoms with Crippen LogP contribution in [0.5, 0.6) is 0 Å². The normalized spacial score (nSPS) is 41.6. The molecule has 1 spiro atoms. The quantitative estimate of drug-likeness (QED) is 0.492. The molecular weight excluding hydrogens is 112 g/mol. The smallest absolute Gasteiger partial charge is 0.0101 e. The molecule has 0 amide bonds. The summed E-state index contributed by atoms with van der Waals surface area (Å²) in [6.45, 7) is 2.34. The van der Waals surface area contributed by atoms with Crippen LogP contribution in [0.15, 0.2) is 0 Å². The molecule has 50 valence electrons. The average Bonchev–Trinajstić information content (AvgIpc) is 2.12. The first-order chi connectivity index (χ1) is 4.31. The van der Waals surface area contributed by atoms with Crippen LogP contribution in [0.3, 0.4) is 0 Å². The lowest BCUT2D eigenvalue weighted by atomic mass is 9.67. The van der Waals surface area contributed by atoms with Crippen molar-refractivity contribution in [1.82, 2.24) is 5.32 Å². The van der Waals surface area contributed by atoms with Crippen molar-refractivity contribution < 1.29 is 0 Å². The van der Waals surface area contributed by atoms with Crippen LogP contribution in [0.1, 0.15) is 19.3 Å². The largest absolute Gasteiger partial charge is 0.316 e. The van der Waals surface area contributed by atoms with Crippen LogP contribution in [0.2, 0.25) is 0 Å². The highest BCUT2D eigenvalue weighted by atomic mass is 14.9. The average molecular weight is 124 g/mol. The van der Waals surface area contributed by atoms with Gasteiger partial charge in [-0.2, -0.15) is 0 Å². The molecule has 9 heavy (non-hydrogen) atoms. The summed E-state index contributed by atoms with van der Waals surface area (Å²) in [5.41, 5.74) is 1.51. The van der Waals surface area contributed by atoms with E-state index in [4.69, 9.17) is 5.41 Å². The summed E-state index contributed by atoms with van der Waals surface area (Å²) in [4.78, 5) is 0. The Morgan fingerprint density at radius 3 is 2.67 bits per heavy atom. The van der Waals surface area contributed by atoms with Gasteiger partial charge in [-0.1, -0.05) is 0 Å². The van der Waals surface area contributed by atoms with Crippen LogP contribution in [-0.2, 0) is 0 Å². The summed E-state index contributed by atoms with van der Waals surface area (Å²) >= 11 is 0. The zero-order valence-electron chi connectivity index (χ0n) is 5.54. The minimum atomic E-state index is 0.553.